The second-order valence-electron chi connectivity index (χ2n) is 9.25. The van der Waals surface area contributed by atoms with Gasteiger partial charge in [0.1, 0.15) is 12.4 Å². The van der Waals surface area contributed by atoms with E-state index in [2.05, 4.69) is 48.6 Å². The molecule has 2 heterocycles. The van der Waals surface area contributed by atoms with E-state index in [0.29, 0.717) is 34.9 Å². The van der Waals surface area contributed by atoms with Crippen LogP contribution in [-0.4, -0.2) is 27.3 Å². The minimum atomic E-state index is -1.12. The van der Waals surface area contributed by atoms with Crippen LogP contribution in [0.15, 0.2) is 35.1 Å². The molecule has 0 saturated carbocycles. The van der Waals surface area contributed by atoms with Gasteiger partial charge in [-0.15, -0.1) is 5.06 Å². The maximum absolute atomic E-state index is 11.9. The highest BCUT2D eigenvalue weighted by Crippen LogP contribution is 2.43. The average Bonchev–Trinajstić information content (AvgIpc) is 2.64. The number of carbonyl (C=O) groups is 1. The molecule has 3 rings (SSSR count). The Bertz CT molecular complexity index is 926. The first-order valence-electron chi connectivity index (χ1n) is 10.1. The van der Waals surface area contributed by atoms with Gasteiger partial charge in [0, 0.05) is 29.6 Å². The highest BCUT2D eigenvalue weighted by Gasteiger charge is 2.27. The number of hydrogen-bond acceptors (Lipinski definition) is 4. The third kappa shape index (κ3) is 5.25. The van der Waals surface area contributed by atoms with Crippen LogP contribution in [0, 0.1) is 11.3 Å². The Morgan fingerprint density at radius 3 is 2.73 bits per heavy atom. The lowest BCUT2D eigenvalue weighted by atomic mass is 9.83. The van der Waals surface area contributed by atoms with Crippen LogP contribution >= 0.6 is 15.9 Å². The van der Waals surface area contributed by atoms with Crippen LogP contribution in [0.3, 0.4) is 0 Å². The molecule has 0 saturated heterocycles. The first-order chi connectivity index (χ1) is 14.0. The predicted octanol–water partition coefficient (Wildman–Crippen LogP) is 6.53. The summed E-state index contributed by atoms with van der Waals surface area (Å²) in [5.41, 5.74) is 3.18. The Hall–Kier alpha value is -2.28. The van der Waals surface area contributed by atoms with Crippen LogP contribution in [-0.2, 0) is 6.61 Å². The zero-order chi connectivity index (χ0) is 22.1. The molecule has 0 bridgehead atoms. The summed E-state index contributed by atoms with van der Waals surface area (Å²) < 4.78 is 6.52. The molecule has 1 aromatic carbocycles. The fraction of sp³-hybridized carbons (Fsp3) is 0.478. The molecule has 1 amide bonds. The Labute approximate surface area is 186 Å². The maximum Gasteiger partial charge on any atom is 0.440 e. The van der Waals surface area contributed by atoms with Crippen LogP contribution in [0.5, 0.6) is 11.5 Å². The van der Waals surface area contributed by atoms with Crippen molar-refractivity contribution < 1.29 is 19.5 Å². The van der Waals surface area contributed by atoms with Gasteiger partial charge in [0.15, 0.2) is 5.75 Å². The highest BCUT2D eigenvalue weighted by atomic mass is 79.9. The van der Waals surface area contributed by atoms with E-state index in [1.54, 1.807) is 18.5 Å². The number of carboxylic acid groups (broad SMARTS) is 1. The van der Waals surface area contributed by atoms with Gasteiger partial charge >= 0.3 is 6.09 Å². The van der Waals surface area contributed by atoms with Gasteiger partial charge in [-0.2, -0.15) is 0 Å². The number of nitrogens with zero attached hydrogens (tertiary/aromatic N) is 2. The molecule has 2 unspecified atom stereocenters. The van der Waals surface area contributed by atoms with Crippen LogP contribution in [0.2, 0.25) is 0 Å². The lowest BCUT2D eigenvalue weighted by Crippen LogP contribution is -2.41. The molecule has 1 aliphatic rings. The van der Waals surface area contributed by atoms with E-state index in [4.69, 9.17) is 9.57 Å². The smallest absolute Gasteiger partial charge is 0.440 e. The summed E-state index contributed by atoms with van der Waals surface area (Å²) in [7, 11) is 0. The van der Waals surface area contributed by atoms with Gasteiger partial charge in [0.2, 0.25) is 0 Å². The molecular formula is C23H29BrN2O4. The number of aromatic nitrogens is 1. The summed E-state index contributed by atoms with van der Waals surface area (Å²) in [6, 6.07) is 5.29. The van der Waals surface area contributed by atoms with Crippen molar-refractivity contribution in [2.75, 3.05) is 0 Å². The predicted molar refractivity (Wildman–Crippen MR) is 120 cm³/mol. The van der Waals surface area contributed by atoms with Crippen molar-refractivity contribution in [3.05, 3.63) is 40.6 Å². The van der Waals surface area contributed by atoms with Crippen LogP contribution in [0.25, 0.3) is 11.1 Å². The maximum atomic E-state index is 11.9. The third-order valence-corrected chi connectivity index (χ3v) is 5.72. The second-order valence-corrected chi connectivity index (χ2v) is 10.1. The molecule has 1 aliphatic heterocycles. The van der Waals surface area contributed by atoms with E-state index in [-0.39, 0.29) is 11.5 Å². The molecule has 1 N–H and O–H groups in total. The first-order valence-corrected chi connectivity index (χ1v) is 10.9. The fourth-order valence-corrected chi connectivity index (χ4v) is 4.54. The van der Waals surface area contributed by atoms with Crippen LogP contribution < -0.4 is 9.57 Å². The summed E-state index contributed by atoms with van der Waals surface area (Å²) in [6.45, 7) is 11.0. The number of halogens is 1. The number of amides is 1. The van der Waals surface area contributed by atoms with Crippen LogP contribution in [0.4, 0.5) is 4.79 Å². The van der Waals surface area contributed by atoms with Crippen molar-refractivity contribution in [1.29, 1.82) is 0 Å². The topological polar surface area (TPSA) is 71.9 Å². The molecule has 2 atom stereocenters. The van der Waals surface area contributed by atoms with Gasteiger partial charge in [-0.05, 0) is 64.7 Å². The van der Waals surface area contributed by atoms with E-state index >= 15 is 0 Å². The summed E-state index contributed by atoms with van der Waals surface area (Å²) in [5, 5.41) is 10.8. The standard InChI is InChI=1S/C23H29BrN2O4/c1-14(11-23(3,4)5)8-15(2)26(22(27)28)30-21-10-20-18(9-19(21)24)17-6-7-25-12-16(17)13-29-20/h6-7,9-10,12,14-15H,8,11,13H2,1-5H3,(H,27,28). The molecule has 1 aromatic heterocycles. The summed E-state index contributed by atoms with van der Waals surface area (Å²) >= 11 is 3.53. The van der Waals surface area contributed by atoms with Gasteiger partial charge in [-0.1, -0.05) is 27.7 Å². The highest BCUT2D eigenvalue weighted by molar-refractivity contribution is 9.10. The van der Waals surface area contributed by atoms with E-state index < -0.39 is 6.09 Å². The molecule has 162 valence electrons. The number of fused-ring (bicyclic) bond motifs is 3. The molecule has 30 heavy (non-hydrogen) atoms. The quantitative estimate of drug-likeness (QED) is 0.479. The average molecular weight is 477 g/mol. The number of hydrogen-bond donors (Lipinski definition) is 1. The lowest BCUT2D eigenvalue weighted by molar-refractivity contribution is -0.0702. The number of benzene rings is 1. The van der Waals surface area contributed by atoms with Crippen molar-refractivity contribution in [3.8, 4) is 22.6 Å². The largest absolute Gasteiger partial charge is 0.488 e. The normalized spacial score (nSPS) is 14.7. The molecule has 0 radical (unpaired) electrons. The SMILES string of the molecule is CC(CC(C)N(Oc1cc2c(cc1Br)-c1ccncc1CO2)C(=O)O)CC(C)(C)C. The third-order valence-electron chi connectivity index (χ3n) is 5.10. The van der Waals surface area contributed by atoms with Crippen molar-refractivity contribution in [2.45, 2.75) is 60.1 Å². The minimum Gasteiger partial charge on any atom is -0.488 e. The molecule has 0 fully saturated rings. The summed E-state index contributed by atoms with van der Waals surface area (Å²) in [6.07, 6.45) is 4.15. The summed E-state index contributed by atoms with van der Waals surface area (Å²) in [4.78, 5) is 21.9. The van der Waals surface area contributed by atoms with Crippen LogP contribution in [0.1, 0.15) is 53.0 Å². The van der Waals surface area contributed by atoms with Crippen molar-refractivity contribution >= 4 is 22.0 Å². The molecule has 0 aliphatic carbocycles. The Balaban J connectivity index is 1.81. The van der Waals surface area contributed by atoms with Gasteiger partial charge in [-0.3, -0.25) is 4.98 Å². The second kappa shape index (κ2) is 8.84. The molecular weight excluding hydrogens is 448 g/mol. The Kier molecular flexibility index (Phi) is 6.60. The number of ether oxygens (including phenoxy) is 1. The lowest BCUT2D eigenvalue weighted by Gasteiger charge is -2.30. The Morgan fingerprint density at radius 1 is 1.33 bits per heavy atom. The van der Waals surface area contributed by atoms with Crippen molar-refractivity contribution in [2.24, 2.45) is 11.3 Å². The van der Waals surface area contributed by atoms with Crippen molar-refractivity contribution in [3.63, 3.8) is 0 Å². The van der Waals surface area contributed by atoms with E-state index in [1.165, 1.54) is 0 Å². The van der Waals surface area contributed by atoms with E-state index in [0.717, 1.165) is 28.2 Å². The molecule has 0 spiro atoms. The zero-order valence-corrected chi connectivity index (χ0v) is 19.7. The van der Waals surface area contributed by atoms with Crippen molar-refractivity contribution in [1.82, 2.24) is 10.0 Å². The van der Waals surface area contributed by atoms with Gasteiger partial charge < -0.3 is 14.7 Å². The monoisotopic (exact) mass is 476 g/mol. The first kappa shape index (κ1) is 22.4. The van der Waals surface area contributed by atoms with E-state index in [9.17, 15) is 9.90 Å². The zero-order valence-electron chi connectivity index (χ0n) is 18.1. The van der Waals surface area contributed by atoms with Gasteiger partial charge in [-0.25, -0.2) is 4.79 Å². The van der Waals surface area contributed by atoms with E-state index in [1.807, 2.05) is 19.1 Å². The van der Waals surface area contributed by atoms with Gasteiger partial charge in [0.05, 0.1) is 10.5 Å². The molecule has 2 aromatic rings. The number of rotatable bonds is 6. The Morgan fingerprint density at radius 2 is 2.07 bits per heavy atom. The number of hydroxylamine groups is 2. The summed E-state index contributed by atoms with van der Waals surface area (Å²) in [5.74, 6) is 1.43. The minimum absolute atomic E-state index is 0.193. The fourth-order valence-electron chi connectivity index (χ4n) is 4.13. The number of pyridine rings is 1. The molecule has 6 nitrogen and oxygen atoms in total. The van der Waals surface area contributed by atoms with Gasteiger partial charge in [0.25, 0.3) is 0 Å². The molecule has 7 heteroatoms.